The molecule has 3 aromatic rings. The maximum Gasteiger partial charge on any atom is 0.258 e. The number of amides is 2. The number of H-pyrrole nitrogens is 1. The van der Waals surface area contributed by atoms with Gasteiger partial charge in [0.2, 0.25) is 5.91 Å². The van der Waals surface area contributed by atoms with Crippen LogP contribution in [-0.2, 0) is 17.8 Å². The minimum atomic E-state index is -0.206. The standard InChI is InChI=1S/C20H20N4O3/c1-21-19(26)14-6-4-5-13(11-14)12-22-18(25)10-9-17-23-16-8-3-2-7-15(16)20(27)24-17/h2-8,11H,9-10,12H2,1H3,(H,21,26)(H,22,25)(H,23,24,27). The molecule has 7 nitrogen and oxygen atoms in total. The average Bonchev–Trinajstić information content (AvgIpc) is 2.70. The molecule has 2 amide bonds. The molecule has 0 saturated carbocycles. The van der Waals surface area contributed by atoms with Crippen LogP contribution in [0.15, 0.2) is 53.3 Å². The van der Waals surface area contributed by atoms with Gasteiger partial charge in [0.05, 0.1) is 10.9 Å². The van der Waals surface area contributed by atoms with Crippen LogP contribution in [0.5, 0.6) is 0 Å². The Bertz CT molecular complexity index is 1040. The Labute approximate surface area is 155 Å². The molecule has 1 heterocycles. The normalized spacial score (nSPS) is 10.6. The molecule has 3 rings (SSSR count). The number of benzene rings is 2. The topological polar surface area (TPSA) is 104 Å². The van der Waals surface area contributed by atoms with Crippen LogP contribution >= 0.6 is 0 Å². The maximum atomic E-state index is 12.1. The summed E-state index contributed by atoms with van der Waals surface area (Å²) in [6.07, 6.45) is 0.542. The number of aryl methyl sites for hydroxylation is 1. The molecule has 0 atom stereocenters. The number of aromatic nitrogens is 2. The molecule has 0 aliphatic carbocycles. The van der Waals surface area contributed by atoms with Gasteiger partial charge in [-0.2, -0.15) is 0 Å². The second kappa shape index (κ2) is 8.27. The van der Waals surface area contributed by atoms with Crippen molar-refractivity contribution in [2.24, 2.45) is 0 Å². The molecule has 0 saturated heterocycles. The first-order valence-corrected chi connectivity index (χ1v) is 8.62. The van der Waals surface area contributed by atoms with Crippen molar-refractivity contribution in [3.8, 4) is 0 Å². The Balaban J connectivity index is 1.57. The van der Waals surface area contributed by atoms with Gasteiger partial charge >= 0.3 is 0 Å². The van der Waals surface area contributed by atoms with Crippen LogP contribution in [0.2, 0.25) is 0 Å². The van der Waals surface area contributed by atoms with Crippen molar-refractivity contribution in [2.75, 3.05) is 7.05 Å². The fourth-order valence-electron chi connectivity index (χ4n) is 2.74. The van der Waals surface area contributed by atoms with E-state index in [9.17, 15) is 14.4 Å². The number of para-hydroxylation sites is 1. The molecule has 3 N–H and O–H groups in total. The van der Waals surface area contributed by atoms with Crippen LogP contribution in [0.1, 0.15) is 28.2 Å². The molecule has 138 valence electrons. The third-order valence-corrected chi connectivity index (χ3v) is 4.16. The molecule has 0 aliphatic rings. The summed E-state index contributed by atoms with van der Waals surface area (Å²) in [4.78, 5) is 42.9. The van der Waals surface area contributed by atoms with Gasteiger partial charge in [-0.25, -0.2) is 4.98 Å². The zero-order chi connectivity index (χ0) is 19.2. The Morgan fingerprint density at radius 3 is 2.74 bits per heavy atom. The number of aromatic amines is 1. The van der Waals surface area contributed by atoms with E-state index in [2.05, 4.69) is 20.6 Å². The lowest BCUT2D eigenvalue weighted by atomic mass is 10.1. The van der Waals surface area contributed by atoms with Gasteiger partial charge in [0.15, 0.2) is 0 Å². The van der Waals surface area contributed by atoms with Crippen LogP contribution in [-0.4, -0.2) is 28.8 Å². The maximum absolute atomic E-state index is 12.1. The van der Waals surface area contributed by atoms with E-state index in [-0.39, 0.29) is 23.8 Å². The summed E-state index contributed by atoms with van der Waals surface area (Å²) in [5, 5.41) is 5.91. The van der Waals surface area contributed by atoms with E-state index < -0.39 is 0 Å². The number of nitrogens with zero attached hydrogens (tertiary/aromatic N) is 1. The van der Waals surface area contributed by atoms with Gasteiger partial charge in [-0.3, -0.25) is 14.4 Å². The highest BCUT2D eigenvalue weighted by atomic mass is 16.2. The van der Waals surface area contributed by atoms with Crippen molar-refractivity contribution in [3.05, 3.63) is 75.8 Å². The summed E-state index contributed by atoms with van der Waals surface area (Å²) >= 11 is 0. The fraction of sp³-hybridized carbons (Fsp3) is 0.200. The van der Waals surface area contributed by atoms with Gasteiger partial charge in [-0.05, 0) is 29.8 Å². The SMILES string of the molecule is CNC(=O)c1cccc(CNC(=O)CCc2nc3ccccc3c(=O)[nH]2)c1. The second-order valence-corrected chi connectivity index (χ2v) is 6.09. The molecule has 2 aromatic carbocycles. The minimum absolute atomic E-state index is 0.156. The highest BCUT2D eigenvalue weighted by Crippen LogP contribution is 2.07. The van der Waals surface area contributed by atoms with Crippen LogP contribution < -0.4 is 16.2 Å². The summed E-state index contributed by atoms with van der Waals surface area (Å²) in [6, 6.07) is 14.2. The molecule has 27 heavy (non-hydrogen) atoms. The number of nitrogens with one attached hydrogen (secondary N) is 3. The first-order chi connectivity index (χ1) is 13.1. The van der Waals surface area contributed by atoms with Crippen molar-refractivity contribution >= 4 is 22.7 Å². The van der Waals surface area contributed by atoms with Gasteiger partial charge in [-0.15, -0.1) is 0 Å². The summed E-state index contributed by atoms with van der Waals surface area (Å²) < 4.78 is 0. The Morgan fingerprint density at radius 1 is 1.11 bits per heavy atom. The number of carbonyl (C=O) groups is 2. The van der Waals surface area contributed by atoms with Gasteiger partial charge in [-0.1, -0.05) is 24.3 Å². The van der Waals surface area contributed by atoms with E-state index in [0.717, 1.165) is 5.56 Å². The van der Waals surface area contributed by atoms with Crippen LogP contribution in [0, 0.1) is 0 Å². The molecule has 0 bridgehead atoms. The van der Waals surface area contributed by atoms with Crippen molar-refractivity contribution in [1.82, 2.24) is 20.6 Å². The van der Waals surface area contributed by atoms with Crippen molar-refractivity contribution in [3.63, 3.8) is 0 Å². The predicted octanol–water partition coefficient (Wildman–Crippen LogP) is 1.53. The molecule has 0 spiro atoms. The Morgan fingerprint density at radius 2 is 1.93 bits per heavy atom. The monoisotopic (exact) mass is 364 g/mol. The fourth-order valence-corrected chi connectivity index (χ4v) is 2.74. The quantitative estimate of drug-likeness (QED) is 0.617. The molecule has 1 aromatic heterocycles. The molecule has 0 unspecified atom stereocenters. The summed E-state index contributed by atoms with van der Waals surface area (Å²) in [7, 11) is 1.57. The smallest absolute Gasteiger partial charge is 0.258 e. The number of hydrogen-bond donors (Lipinski definition) is 3. The van der Waals surface area contributed by atoms with Crippen LogP contribution in [0.25, 0.3) is 10.9 Å². The summed E-state index contributed by atoms with van der Waals surface area (Å²) in [6.45, 7) is 0.325. The van der Waals surface area contributed by atoms with Gasteiger partial charge in [0, 0.05) is 32.0 Å². The summed E-state index contributed by atoms with van der Waals surface area (Å²) in [5.74, 6) is 0.154. The predicted molar refractivity (Wildman–Crippen MR) is 102 cm³/mol. The molecule has 7 heteroatoms. The van der Waals surface area contributed by atoms with E-state index in [1.807, 2.05) is 12.1 Å². The van der Waals surface area contributed by atoms with Crippen molar-refractivity contribution < 1.29 is 9.59 Å². The highest BCUT2D eigenvalue weighted by Gasteiger charge is 2.08. The molecular weight excluding hydrogens is 344 g/mol. The lowest BCUT2D eigenvalue weighted by Gasteiger charge is -2.07. The third kappa shape index (κ3) is 4.58. The van der Waals surface area contributed by atoms with Gasteiger partial charge < -0.3 is 15.6 Å². The van der Waals surface area contributed by atoms with Gasteiger partial charge in [0.1, 0.15) is 5.82 Å². The highest BCUT2D eigenvalue weighted by molar-refractivity contribution is 5.94. The van der Waals surface area contributed by atoms with E-state index in [0.29, 0.717) is 35.3 Å². The second-order valence-electron chi connectivity index (χ2n) is 6.09. The molecule has 0 aliphatic heterocycles. The molecular formula is C20H20N4O3. The van der Waals surface area contributed by atoms with Gasteiger partial charge in [0.25, 0.3) is 11.5 Å². The Kier molecular flexibility index (Phi) is 5.61. The van der Waals surface area contributed by atoms with Crippen LogP contribution in [0.4, 0.5) is 0 Å². The number of fused-ring (bicyclic) bond motifs is 1. The van der Waals surface area contributed by atoms with Crippen LogP contribution in [0.3, 0.4) is 0 Å². The number of rotatable bonds is 6. The Hall–Kier alpha value is -3.48. The first kappa shape index (κ1) is 18.3. The van der Waals surface area contributed by atoms with E-state index in [4.69, 9.17) is 0 Å². The zero-order valence-electron chi connectivity index (χ0n) is 14.9. The van der Waals surface area contributed by atoms with E-state index in [1.54, 1.807) is 43.4 Å². The summed E-state index contributed by atoms with van der Waals surface area (Å²) in [5.41, 5.74) is 1.79. The third-order valence-electron chi connectivity index (χ3n) is 4.16. The molecule has 0 radical (unpaired) electrons. The first-order valence-electron chi connectivity index (χ1n) is 8.62. The van der Waals surface area contributed by atoms with E-state index in [1.165, 1.54) is 0 Å². The number of carbonyl (C=O) groups excluding carboxylic acids is 2. The van der Waals surface area contributed by atoms with E-state index >= 15 is 0 Å². The lowest BCUT2D eigenvalue weighted by molar-refractivity contribution is -0.121. The average molecular weight is 364 g/mol. The molecule has 0 fully saturated rings. The largest absolute Gasteiger partial charge is 0.355 e. The zero-order valence-corrected chi connectivity index (χ0v) is 14.9. The van der Waals surface area contributed by atoms with Crippen molar-refractivity contribution in [2.45, 2.75) is 19.4 Å². The van der Waals surface area contributed by atoms with Crippen molar-refractivity contribution in [1.29, 1.82) is 0 Å². The lowest BCUT2D eigenvalue weighted by Crippen LogP contribution is -2.24. The number of hydrogen-bond acceptors (Lipinski definition) is 4. The minimum Gasteiger partial charge on any atom is -0.355 e.